The Balaban J connectivity index is 1.35. The third kappa shape index (κ3) is 6.16. The second-order valence-electron chi connectivity index (χ2n) is 9.78. The Kier molecular flexibility index (Phi) is 7.95. The van der Waals surface area contributed by atoms with Gasteiger partial charge < -0.3 is 15.0 Å². The summed E-state index contributed by atoms with van der Waals surface area (Å²) in [5.74, 6) is 9.74. The lowest BCUT2D eigenvalue weighted by Crippen LogP contribution is -2.52. The molecule has 0 aromatic carbocycles. The Bertz CT molecular complexity index is 1280. The largest absolute Gasteiger partial charge is 0.350 e. The molecule has 2 unspecified atom stereocenters. The van der Waals surface area contributed by atoms with Crippen molar-refractivity contribution in [3.8, 4) is 23.7 Å². The van der Waals surface area contributed by atoms with Gasteiger partial charge in [-0.1, -0.05) is 5.92 Å². The molecule has 1 aromatic rings. The molecule has 10 nitrogen and oxygen atoms in total. The van der Waals surface area contributed by atoms with E-state index >= 15 is 0 Å². The number of halogens is 1. The highest BCUT2D eigenvalue weighted by molar-refractivity contribution is 7.92. The number of amides is 2. The number of fused-ring (bicyclic) bond motifs is 1. The summed E-state index contributed by atoms with van der Waals surface area (Å²) in [4.78, 5) is 32.5. The van der Waals surface area contributed by atoms with Crippen molar-refractivity contribution in [2.75, 3.05) is 32.5 Å². The number of nitrogens with zero attached hydrogens (tertiary/aromatic N) is 2. The topological polar surface area (TPSA) is 119 Å². The standard InChI is InChI=1S/C25H31FN4O6S/c1-24(37(2,33)34,22(31)28-36-21-8-4-6-14-35-21)11-13-29-17-20-15-19(16-30(20)23(29)32)7-3-5-9-25(26)10-12-27-18-25/h15-16,21,27H,4,6,8,10-14,17-18H2,1-2H3,(H,28,31)/t21?,24-,25?/m1/s1. The van der Waals surface area contributed by atoms with Crippen LogP contribution in [0.15, 0.2) is 12.3 Å². The first-order chi connectivity index (χ1) is 17.5. The number of nitrogens with one attached hydrogen (secondary N) is 2. The van der Waals surface area contributed by atoms with Gasteiger partial charge in [0.15, 0.2) is 26.5 Å². The molecule has 37 heavy (non-hydrogen) atoms. The number of hydroxylamine groups is 1. The Labute approximate surface area is 216 Å². The van der Waals surface area contributed by atoms with Gasteiger partial charge in [-0.3, -0.25) is 9.36 Å². The van der Waals surface area contributed by atoms with Crippen LogP contribution in [0, 0.1) is 23.7 Å². The highest BCUT2D eigenvalue weighted by atomic mass is 32.2. The van der Waals surface area contributed by atoms with Crippen molar-refractivity contribution in [1.29, 1.82) is 0 Å². The van der Waals surface area contributed by atoms with Crippen molar-refractivity contribution >= 4 is 21.8 Å². The van der Waals surface area contributed by atoms with Crippen molar-refractivity contribution in [2.24, 2.45) is 0 Å². The SMILES string of the molecule is C[C@@](CCN1Cc2cc(C#CC#CC3(F)CCNC3)cn2C1=O)(C(=O)NOC1CCCCO1)S(C)(=O)=O. The summed E-state index contributed by atoms with van der Waals surface area (Å²) < 4.78 is 44.4. The first kappa shape index (κ1) is 27.1. The summed E-state index contributed by atoms with van der Waals surface area (Å²) in [6.07, 6.45) is 4.53. The Morgan fingerprint density at radius 3 is 2.86 bits per heavy atom. The monoisotopic (exact) mass is 534 g/mol. The number of carbonyl (C=O) groups excluding carboxylic acids is 2. The second-order valence-corrected chi connectivity index (χ2v) is 12.2. The molecule has 12 heteroatoms. The zero-order valence-electron chi connectivity index (χ0n) is 20.9. The highest BCUT2D eigenvalue weighted by Crippen LogP contribution is 2.26. The molecule has 3 aliphatic heterocycles. The third-order valence-electron chi connectivity index (χ3n) is 6.97. The van der Waals surface area contributed by atoms with Gasteiger partial charge in [-0.2, -0.15) is 0 Å². The summed E-state index contributed by atoms with van der Waals surface area (Å²) in [5.41, 5.74) is 1.93. The van der Waals surface area contributed by atoms with Crippen LogP contribution < -0.4 is 10.8 Å². The molecule has 2 fully saturated rings. The molecule has 0 aliphatic carbocycles. The van der Waals surface area contributed by atoms with E-state index in [9.17, 15) is 22.4 Å². The Morgan fingerprint density at radius 1 is 1.41 bits per heavy atom. The summed E-state index contributed by atoms with van der Waals surface area (Å²) in [7, 11) is -3.85. The molecule has 4 rings (SSSR count). The van der Waals surface area contributed by atoms with Gasteiger partial charge in [-0.15, -0.1) is 0 Å². The first-order valence-corrected chi connectivity index (χ1v) is 14.1. The van der Waals surface area contributed by atoms with Gasteiger partial charge in [-0.05, 0) is 56.6 Å². The molecule has 1 aromatic heterocycles. The third-order valence-corrected chi connectivity index (χ3v) is 8.99. The number of carbonyl (C=O) groups is 2. The molecule has 3 aliphatic rings. The fraction of sp³-hybridized carbons (Fsp3) is 0.600. The van der Waals surface area contributed by atoms with Gasteiger partial charge in [0.25, 0.3) is 5.91 Å². The van der Waals surface area contributed by atoms with Crippen LogP contribution in [0.2, 0.25) is 0 Å². The van der Waals surface area contributed by atoms with Crippen LogP contribution in [0.5, 0.6) is 0 Å². The maximum absolute atomic E-state index is 14.2. The van der Waals surface area contributed by atoms with Gasteiger partial charge in [-0.25, -0.2) is 27.9 Å². The van der Waals surface area contributed by atoms with E-state index in [4.69, 9.17) is 9.57 Å². The summed E-state index contributed by atoms with van der Waals surface area (Å²) in [6, 6.07) is 1.38. The summed E-state index contributed by atoms with van der Waals surface area (Å²) >= 11 is 0. The second kappa shape index (κ2) is 10.8. The molecule has 0 saturated carbocycles. The van der Waals surface area contributed by atoms with Crippen molar-refractivity contribution in [1.82, 2.24) is 20.3 Å². The minimum Gasteiger partial charge on any atom is -0.350 e. The van der Waals surface area contributed by atoms with Crippen LogP contribution in [0.25, 0.3) is 0 Å². The molecule has 2 N–H and O–H groups in total. The van der Waals surface area contributed by atoms with E-state index in [1.54, 1.807) is 12.3 Å². The maximum atomic E-state index is 14.2. The number of ether oxygens (including phenoxy) is 1. The van der Waals surface area contributed by atoms with E-state index in [0.717, 1.165) is 19.1 Å². The van der Waals surface area contributed by atoms with E-state index in [2.05, 4.69) is 34.5 Å². The Hall–Kier alpha value is -2.90. The van der Waals surface area contributed by atoms with Gasteiger partial charge in [0.2, 0.25) is 0 Å². The fourth-order valence-electron chi connectivity index (χ4n) is 4.33. The van der Waals surface area contributed by atoms with Crippen molar-refractivity contribution in [3.05, 3.63) is 23.5 Å². The molecular formula is C25H31FN4O6S. The minimum atomic E-state index is -3.85. The molecular weight excluding hydrogens is 503 g/mol. The van der Waals surface area contributed by atoms with Crippen LogP contribution >= 0.6 is 0 Å². The normalized spacial score (nSPS) is 24.9. The molecule has 200 valence electrons. The minimum absolute atomic E-state index is 0.0382. The molecule has 3 atom stereocenters. The zero-order chi connectivity index (χ0) is 26.7. The van der Waals surface area contributed by atoms with E-state index < -0.39 is 32.5 Å². The Morgan fingerprint density at radius 2 is 2.22 bits per heavy atom. The van der Waals surface area contributed by atoms with E-state index in [-0.39, 0.29) is 32.1 Å². The van der Waals surface area contributed by atoms with E-state index in [1.165, 1.54) is 16.4 Å². The van der Waals surface area contributed by atoms with Crippen LogP contribution in [-0.4, -0.2) is 79.0 Å². The number of rotatable bonds is 7. The average molecular weight is 535 g/mol. The van der Waals surface area contributed by atoms with Crippen LogP contribution in [0.3, 0.4) is 0 Å². The number of alkyl halides is 1. The molecule has 0 spiro atoms. The van der Waals surface area contributed by atoms with Crippen molar-refractivity contribution in [3.63, 3.8) is 0 Å². The first-order valence-electron chi connectivity index (χ1n) is 12.2. The zero-order valence-corrected chi connectivity index (χ0v) is 21.7. The molecule has 0 radical (unpaired) electrons. The number of hydrogen-bond acceptors (Lipinski definition) is 7. The summed E-state index contributed by atoms with van der Waals surface area (Å²) in [6.45, 7) is 2.88. The molecule has 4 heterocycles. The van der Waals surface area contributed by atoms with Gasteiger partial charge >= 0.3 is 6.03 Å². The van der Waals surface area contributed by atoms with Crippen molar-refractivity contribution < 1.29 is 32.0 Å². The van der Waals surface area contributed by atoms with Gasteiger partial charge in [0.1, 0.15) is 0 Å². The lowest BCUT2D eigenvalue weighted by Gasteiger charge is -2.29. The molecule has 0 bridgehead atoms. The fourth-order valence-corrected chi connectivity index (χ4v) is 5.17. The predicted octanol–water partition coefficient (Wildman–Crippen LogP) is 1.10. The van der Waals surface area contributed by atoms with Crippen LogP contribution in [0.4, 0.5) is 9.18 Å². The molecule has 2 amide bonds. The predicted molar refractivity (Wildman–Crippen MR) is 132 cm³/mol. The smallest absolute Gasteiger partial charge is 0.328 e. The highest BCUT2D eigenvalue weighted by Gasteiger charge is 2.45. The van der Waals surface area contributed by atoms with Gasteiger partial charge in [0, 0.05) is 56.2 Å². The quantitative estimate of drug-likeness (QED) is 0.397. The lowest BCUT2D eigenvalue weighted by atomic mass is 10.1. The number of sulfone groups is 1. The number of hydrogen-bond donors (Lipinski definition) is 2. The van der Waals surface area contributed by atoms with E-state index in [1.807, 2.05) is 0 Å². The van der Waals surface area contributed by atoms with Crippen LogP contribution in [0.1, 0.15) is 50.3 Å². The summed E-state index contributed by atoms with van der Waals surface area (Å²) in [5, 5.41) is 2.92. The lowest BCUT2D eigenvalue weighted by molar-refractivity contribution is -0.201. The number of aromatic nitrogens is 1. The molecule has 2 saturated heterocycles. The van der Waals surface area contributed by atoms with E-state index in [0.29, 0.717) is 37.3 Å². The average Bonchev–Trinajstić information content (AvgIpc) is 3.55. The van der Waals surface area contributed by atoms with Crippen LogP contribution in [-0.2, 0) is 30.8 Å². The van der Waals surface area contributed by atoms with Gasteiger partial charge in [0.05, 0.1) is 6.54 Å². The van der Waals surface area contributed by atoms with Crippen molar-refractivity contribution in [2.45, 2.75) is 62.3 Å². The maximum Gasteiger partial charge on any atom is 0.328 e.